The second kappa shape index (κ2) is 15.6. The molecule has 0 saturated heterocycles. The number of allylic oxidation sites excluding steroid dienone is 1. The van der Waals surface area contributed by atoms with Crippen molar-refractivity contribution in [2.45, 2.75) is 96.9 Å². The summed E-state index contributed by atoms with van der Waals surface area (Å²) in [5.74, 6) is -1.33. The van der Waals surface area contributed by atoms with Crippen molar-refractivity contribution in [2.75, 3.05) is 7.11 Å². The number of hydrogen-bond acceptors (Lipinski definition) is 7. The standard InChI is InChI=1S/C25H40O7/c1-5-6-9-12-20(31-18(2)26)15-16-22-21(23(28)17-24(22)32-19(3)27)13-10-7-8-11-14-25(29)30-4/h10,13,15-16,20-24,28H,5-9,11-12,14,17H2,1-4H3/b13-10+,16-15+/t20-,21+,22+,23-,24+/m0/s1. The van der Waals surface area contributed by atoms with Gasteiger partial charge in [-0.15, -0.1) is 0 Å². The number of esters is 3. The number of aliphatic hydroxyl groups excluding tert-OH is 1. The molecular weight excluding hydrogens is 412 g/mol. The average molecular weight is 453 g/mol. The lowest BCUT2D eigenvalue weighted by Gasteiger charge is -2.21. The summed E-state index contributed by atoms with van der Waals surface area (Å²) in [6.07, 6.45) is 13.3. The summed E-state index contributed by atoms with van der Waals surface area (Å²) in [5.41, 5.74) is 0. The molecule has 1 aliphatic carbocycles. The molecule has 5 atom stereocenters. The Labute approximate surface area is 192 Å². The molecular formula is C25H40O7. The molecule has 1 fully saturated rings. The number of unbranched alkanes of at least 4 members (excludes halogenated alkanes) is 4. The van der Waals surface area contributed by atoms with E-state index in [2.05, 4.69) is 11.7 Å². The van der Waals surface area contributed by atoms with Gasteiger partial charge in [0.05, 0.1) is 13.2 Å². The Balaban J connectivity index is 2.83. The van der Waals surface area contributed by atoms with E-state index >= 15 is 0 Å². The first-order valence-electron chi connectivity index (χ1n) is 11.7. The first-order valence-corrected chi connectivity index (χ1v) is 11.7. The Bertz CT molecular complexity index is 640. The number of methoxy groups -OCH3 is 1. The van der Waals surface area contributed by atoms with Crippen molar-refractivity contribution < 1.29 is 33.7 Å². The van der Waals surface area contributed by atoms with Crippen LogP contribution in [0.5, 0.6) is 0 Å². The predicted molar refractivity (Wildman–Crippen MR) is 122 cm³/mol. The van der Waals surface area contributed by atoms with Crippen LogP contribution in [0, 0.1) is 11.8 Å². The van der Waals surface area contributed by atoms with Crippen molar-refractivity contribution in [1.29, 1.82) is 0 Å². The van der Waals surface area contributed by atoms with E-state index in [-0.39, 0.29) is 35.8 Å². The largest absolute Gasteiger partial charge is 0.469 e. The van der Waals surface area contributed by atoms with E-state index in [1.807, 2.05) is 24.3 Å². The lowest BCUT2D eigenvalue weighted by Crippen LogP contribution is -2.23. The van der Waals surface area contributed by atoms with E-state index < -0.39 is 12.2 Å². The molecule has 0 spiro atoms. The summed E-state index contributed by atoms with van der Waals surface area (Å²) >= 11 is 0. The van der Waals surface area contributed by atoms with Crippen LogP contribution in [0.3, 0.4) is 0 Å². The molecule has 0 radical (unpaired) electrons. The fraction of sp³-hybridized carbons (Fsp3) is 0.720. The topological polar surface area (TPSA) is 99.1 Å². The first kappa shape index (κ1) is 27.9. The number of rotatable bonds is 14. The molecule has 0 bridgehead atoms. The van der Waals surface area contributed by atoms with Gasteiger partial charge in [-0.2, -0.15) is 0 Å². The Morgan fingerprint density at radius 2 is 1.78 bits per heavy atom. The van der Waals surface area contributed by atoms with Crippen LogP contribution in [0.2, 0.25) is 0 Å². The minimum Gasteiger partial charge on any atom is -0.469 e. The second-order valence-electron chi connectivity index (χ2n) is 8.38. The van der Waals surface area contributed by atoms with Gasteiger partial charge in [-0.05, 0) is 38.2 Å². The van der Waals surface area contributed by atoms with Gasteiger partial charge in [-0.3, -0.25) is 14.4 Å². The van der Waals surface area contributed by atoms with Gasteiger partial charge < -0.3 is 19.3 Å². The lowest BCUT2D eigenvalue weighted by atomic mass is 9.91. The molecule has 182 valence electrons. The van der Waals surface area contributed by atoms with Crippen LogP contribution in [-0.4, -0.2) is 48.4 Å². The highest BCUT2D eigenvalue weighted by molar-refractivity contribution is 5.69. The number of hydrogen-bond donors (Lipinski definition) is 1. The molecule has 7 heteroatoms. The summed E-state index contributed by atoms with van der Waals surface area (Å²) in [5, 5.41) is 10.6. The van der Waals surface area contributed by atoms with Crippen LogP contribution >= 0.6 is 0 Å². The van der Waals surface area contributed by atoms with Gasteiger partial charge >= 0.3 is 17.9 Å². The summed E-state index contributed by atoms with van der Waals surface area (Å²) in [6.45, 7) is 4.88. The van der Waals surface area contributed by atoms with Gasteiger partial charge in [0.15, 0.2) is 0 Å². The Kier molecular flexibility index (Phi) is 13.6. The van der Waals surface area contributed by atoms with E-state index in [0.717, 1.165) is 44.9 Å². The predicted octanol–water partition coefficient (Wildman–Crippen LogP) is 4.27. The van der Waals surface area contributed by atoms with Crippen molar-refractivity contribution in [1.82, 2.24) is 0 Å². The average Bonchev–Trinajstić information content (AvgIpc) is 3.01. The van der Waals surface area contributed by atoms with Gasteiger partial charge in [-0.1, -0.05) is 38.0 Å². The maximum Gasteiger partial charge on any atom is 0.305 e. The molecule has 0 amide bonds. The summed E-state index contributed by atoms with van der Waals surface area (Å²) in [4.78, 5) is 34.3. The van der Waals surface area contributed by atoms with E-state index in [1.54, 1.807) is 0 Å². The van der Waals surface area contributed by atoms with Crippen LogP contribution in [0.15, 0.2) is 24.3 Å². The van der Waals surface area contributed by atoms with E-state index in [1.165, 1.54) is 21.0 Å². The maximum absolute atomic E-state index is 11.6. The molecule has 0 aliphatic heterocycles. The SMILES string of the molecule is CCCCC[C@@H](/C=C/[C@@H]1[C@@H](/C=C/CCCCC(=O)OC)[C@@H](O)C[C@H]1OC(C)=O)OC(C)=O. The van der Waals surface area contributed by atoms with E-state index in [9.17, 15) is 19.5 Å². The number of carbonyl (C=O) groups is 3. The normalized spacial score (nSPS) is 24.0. The van der Waals surface area contributed by atoms with Crippen molar-refractivity contribution >= 4 is 17.9 Å². The van der Waals surface area contributed by atoms with Crippen LogP contribution in [0.1, 0.15) is 78.6 Å². The fourth-order valence-corrected chi connectivity index (χ4v) is 4.05. The highest BCUT2D eigenvalue weighted by Crippen LogP contribution is 2.37. The third-order valence-corrected chi connectivity index (χ3v) is 5.65. The smallest absolute Gasteiger partial charge is 0.305 e. The third-order valence-electron chi connectivity index (χ3n) is 5.65. The third kappa shape index (κ3) is 10.9. The minimum atomic E-state index is -0.632. The van der Waals surface area contributed by atoms with Gasteiger partial charge in [0.2, 0.25) is 0 Å². The molecule has 0 aromatic heterocycles. The number of carbonyl (C=O) groups excluding carboxylic acids is 3. The molecule has 1 rings (SSSR count). The zero-order valence-electron chi connectivity index (χ0n) is 20.0. The fourth-order valence-electron chi connectivity index (χ4n) is 4.05. The summed E-state index contributed by atoms with van der Waals surface area (Å²) in [7, 11) is 1.38. The van der Waals surface area contributed by atoms with Gasteiger partial charge in [0, 0.05) is 38.5 Å². The molecule has 0 aromatic carbocycles. The molecule has 32 heavy (non-hydrogen) atoms. The van der Waals surface area contributed by atoms with Crippen LogP contribution in [-0.2, 0) is 28.6 Å². The molecule has 1 N–H and O–H groups in total. The van der Waals surface area contributed by atoms with Crippen molar-refractivity contribution in [3.63, 3.8) is 0 Å². The summed E-state index contributed by atoms with van der Waals surface area (Å²) < 4.78 is 15.6. The maximum atomic E-state index is 11.6. The first-order chi connectivity index (χ1) is 15.3. The minimum absolute atomic E-state index is 0.204. The molecule has 0 heterocycles. The Morgan fingerprint density at radius 3 is 2.41 bits per heavy atom. The highest BCUT2D eigenvalue weighted by Gasteiger charge is 2.41. The van der Waals surface area contributed by atoms with Crippen molar-refractivity contribution in [3.8, 4) is 0 Å². The van der Waals surface area contributed by atoms with Gasteiger partial charge in [0.1, 0.15) is 12.2 Å². The van der Waals surface area contributed by atoms with Gasteiger partial charge in [0.25, 0.3) is 0 Å². The lowest BCUT2D eigenvalue weighted by molar-refractivity contribution is -0.147. The molecule has 0 aromatic rings. The van der Waals surface area contributed by atoms with E-state index in [0.29, 0.717) is 12.8 Å². The molecule has 0 unspecified atom stereocenters. The van der Waals surface area contributed by atoms with Crippen LogP contribution in [0.4, 0.5) is 0 Å². The summed E-state index contributed by atoms with van der Waals surface area (Å²) in [6, 6.07) is 0. The number of aliphatic hydroxyl groups is 1. The Morgan fingerprint density at radius 1 is 1.03 bits per heavy atom. The number of ether oxygens (including phenoxy) is 3. The molecule has 7 nitrogen and oxygen atoms in total. The monoisotopic (exact) mass is 452 g/mol. The Hall–Kier alpha value is -2.15. The molecule has 1 saturated carbocycles. The highest BCUT2D eigenvalue weighted by atomic mass is 16.5. The van der Waals surface area contributed by atoms with Crippen molar-refractivity contribution in [3.05, 3.63) is 24.3 Å². The van der Waals surface area contributed by atoms with E-state index in [4.69, 9.17) is 9.47 Å². The van der Waals surface area contributed by atoms with Crippen molar-refractivity contribution in [2.24, 2.45) is 11.8 Å². The quantitative estimate of drug-likeness (QED) is 0.182. The second-order valence-corrected chi connectivity index (χ2v) is 8.38. The van der Waals surface area contributed by atoms with Crippen LogP contribution < -0.4 is 0 Å². The zero-order chi connectivity index (χ0) is 23.9. The van der Waals surface area contributed by atoms with Crippen LogP contribution in [0.25, 0.3) is 0 Å². The molecule has 1 aliphatic rings. The van der Waals surface area contributed by atoms with Gasteiger partial charge in [-0.25, -0.2) is 0 Å². The zero-order valence-corrected chi connectivity index (χ0v) is 20.0.